The number of aliphatic hydroxyl groups excluding tert-OH is 1. The Kier molecular flexibility index (Phi) is 5.44. The lowest BCUT2D eigenvalue weighted by atomic mass is 10.1. The van der Waals surface area contributed by atoms with Gasteiger partial charge in [0.2, 0.25) is 0 Å². The first-order chi connectivity index (χ1) is 14.1. The van der Waals surface area contributed by atoms with E-state index in [0.717, 1.165) is 6.42 Å². The van der Waals surface area contributed by atoms with E-state index in [-0.39, 0.29) is 30.7 Å². The minimum Gasteiger partial charge on any atom is -0.389 e. The van der Waals surface area contributed by atoms with Crippen LogP contribution in [-0.4, -0.2) is 46.6 Å². The highest BCUT2D eigenvalue weighted by molar-refractivity contribution is 5.90. The Bertz CT molecular complexity index is 1050. The molecule has 4 rings (SSSR count). The largest absolute Gasteiger partial charge is 0.389 e. The van der Waals surface area contributed by atoms with Crippen molar-refractivity contribution < 1.29 is 9.90 Å². The molecule has 2 amide bonds. The van der Waals surface area contributed by atoms with Gasteiger partial charge in [-0.05, 0) is 18.1 Å². The van der Waals surface area contributed by atoms with E-state index >= 15 is 0 Å². The van der Waals surface area contributed by atoms with Gasteiger partial charge in [0, 0.05) is 30.4 Å². The first-order valence-corrected chi connectivity index (χ1v) is 9.60. The molecule has 0 spiro atoms. The summed E-state index contributed by atoms with van der Waals surface area (Å²) in [6.07, 6.45) is 0.115. The van der Waals surface area contributed by atoms with Gasteiger partial charge in [0.15, 0.2) is 5.82 Å². The number of H-pyrrole nitrogens is 1. The Balaban J connectivity index is 1.23. The van der Waals surface area contributed by atoms with Gasteiger partial charge >= 0.3 is 6.03 Å². The Hall–Kier alpha value is -3.39. The number of aromatic nitrogens is 2. The summed E-state index contributed by atoms with van der Waals surface area (Å²) in [6.45, 7) is 0.280. The van der Waals surface area contributed by atoms with Gasteiger partial charge in [-0.2, -0.15) is 5.10 Å². The number of nitrogens with zero attached hydrogens (tertiary/aromatic N) is 1. The molecule has 3 aromatic rings. The van der Waals surface area contributed by atoms with E-state index in [1.54, 1.807) is 18.2 Å². The van der Waals surface area contributed by atoms with Gasteiger partial charge in [0.05, 0.1) is 11.5 Å². The number of aromatic amines is 1. The van der Waals surface area contributed by atoms with Crippen molar-refractivity contribution in [2.45, 2.75) is 24.5 Å². The summed E-state index contributed by atoms with van der Waals surface area (Å²) in [6, 6.07) is 17.0. The van der Waals surface area contributed by atoms with E-state index in [4.69, 9.17) is 0 Å². The predicted octanol–water partition coefficient (Wildman–Crippen LogP) is 1.55. The van der Waals surface area contributed by atoms with Crippen LogP contribution in [0.5, 0.6) is 0 Å². The third-order valence-corrected chi connectivity index (χ3v) is 5.03. The second-order valence-corrected chi connectivity index (χ2v) is 7.20. The number of fused-ring (bicyclic) bond motifs is 1. The Morgan fingerprint density at radius 1 is 1.10 bits per heavy atom. The highest BCUT2D eigenvalue weighted by atomic mass is 16.3. The highest BCUT2D eigenvalue weighted by Crippen LogP contribution is 2.40. The molecule has 8 nitrogen and oxygen atoms in total. The normalized spacial score (nSPS) is 18.8. The van der Waals surface area contributed by atoms with Crippen LogP contribution in [0.1, 0.15) is 17.9 Å². The minimum absolute atomic E-state index is 0.100. The lowest BCUT2D eigenvalue weighted by Gasteiger charge is -2.14. The van der Waals surface area contributed by atoms with Crippen molar-refractivity contribution in [2.75, 3.05) is 18.4 Å². The van der Waals surface area contributed by atoms with Gasteiger partial charge in [0.1, 0.15) is 0 Å². The molecule has 0 aliphatic heterocycles. The molecule has 5 N–H and O–H groups in total. The van der Waals surface area contributed by atoms with Crippen LogP contribution in [0.15, 0.2) is 59.4 Å². The number of nitrogens with one attached hydrogen (secondary N) is 4. The van der Waals surface area contributed by atoms with Crippen molar-refractivity contribution in [2.24, 2.45) is 0 Å². The van der Waals surface area contributed by atoms with E-state index in [1.165, 1.54) is 5.56 Å². The fraction of sp³-hybridized carbons (Fsp3) is 0.286. The first-order valence-electron chi connectivity index (χ1n) is 9.60. The molecule has 3 atom stereocenters. The number of carbonyl (C=O) groups excluding carboxylic acids is 1. The Morgan fingerprint density at radius 2 is 1.83 bits per heavy atom. The monoisotopic (exact) mass is 393 g/mol. The van der Waals surface area contributed by atoms with E-state index in [1.807, 2.05) is 24.3 Å². The van der Waals surface area contributed by atoms with Crippen LogP contribution < -0.4 is 21.5 Å². The molecule has 1 heterocycles. The van der Waals surface area contributed by atoms with Crippen molar-refractivity contribution in [3.63, 3.8) is 0 Å². The Labute approximate surface area is 167 Å². The lowest BCUT2D eigenvalue weighted by molar-refractivity contribution is 0.181. The van der Waals surface area contributed by atoms with Crippen LogP contribution in [0.25, 0.3) is 10.8 Å². The number of urea groups is 1. The molecule has 1 fully saturated rings. The highest BCUT2D eigenvalue weighted by Gasteiger charge is 2.39. The molecule has 0 radical (unpaired) electrons. The molecule has 1 aliphatic carbocycles. The fourth-order valence-corrected chi connectivity index (χ4v) is 3.39. The van der Waals surface area contributed by atoms with Gasteiger partial charge in [0.25, 0.3) is 5.56 Å². The molecule has 1 aliphatic rings. The first kappa shape index (κ1) is 18.9. The second kappa shape index (κ2) is 8.32. The van der Waals surface area contributed by atoms with Crippen LogP contribution in [0.3, 0.4) is 0 Å². The average Bonchev–Trinajstić information content (AvgIpc) is 3.51. The molecule has 29 heavy (non-hydrogen) atoms. The maximum absolute atomic E-state index is 12.1. The predicted molar refractivity (Wildman–Crippen MR) is 111 cm³/mol. The summed E-state index contributed by atoms with van der Waals surface area (Å²) >= 11 is 0. The lowest BCUT2D eigenvalue weighted by Crippen LogP contribution is -2.42. The van der Waals surface area contributed by atoms with Crippen molar-refractivity contribution in [1.82, 2.24) is 20.8 Å². The molecule has 150 valence electrons. The zero-order valence-electron chi connectivity index (χ0n) is 15.8. The third kappa shape index (κ3) is 4.55. The summed E-state index contributed by atoms with van der Waals surface area (Å²) in [7, 11) is 0. The van der Waals surface area contributed by atoms with Crippen molar-refractivity contribution in [1.29, 1.82) is 0 Å². The molecular weight excluding hydrogens is 370 g/mol. The van der Waals surface area contributed by atoms with Gasteiger partial charge < -0.3 is 21.1 Å². The molecule has 3 unspecified atom stereocenters. The van der Waals surface area contributed by atoms with Crippen molar-refractivity contribution in [3.05, 3.63) is 70.5 Å². The minimum atomic E-state index is -0.808. The molecule has 2 aromatic carbocycles. The standard InChI is InChI=1S/C21H23N5O3/c27-14(11-22-19-15-8-4-5-9-16(15)20(28)26-25-19)12-23-21(29)24-18-10-17(18)13-6-2-1-3-7-13/h1-9,14,17-18,27H,10-12H2,(H,22,25)(H,26,28)(H2,23,24,29). The molecule has 0 saturated heterocycles. The fourth-order valence-electron chi connectivity index (χ4n) is 3.39. The summed E-state index contributed by atoms with van der Waals surface area (Å²) < 4.78 is 0. The summed E-state index contributed by atoms with van der Waals surface area (Å²) in [4.78, 5) is 23.9. The number of aliphatic hydroxyl groups is 1. The molecule has 8 heteroatoms. The SMILES string of the molecule is O=C(NCC(O)CNc1n[nH]c(=O)c2ccccc12)NC1CC1c1ccccc1. The van der Waals surface area contributed by atoms with Gasteiger partial charge in [-0.25, -0.2) is 9.89 Å². The van der Waals surface area contributed by atoms with Crippen LogP contribution in [0, 0.1) is 0 Å². The van der Waals surface area contributed by atoms with Crippen molar-refractivity contribution >= 4 is 22.6 Å². The van der Waals surface area contributed by atoms with Gasteiger partial charge in [-0.3, -0.25) is 4.79 Å². The Morgan fingerprint density at radius 3 is 2.62 bits per heavy atom. The summed E-state index contributed by atoms with van der Waals surface area (Å²) in [5, 5.41) is 26.4. The quantitative estimate of drug-likeness (QED) is 0.417. The third-order valence-electron chi connectivity index (χ3n) is 5.03. The number of anilines is 1. The van der Waals surface area contributed by atoms with E-state index in [2.05, 4.69) is 38.3 Å². The topological polar surface area (TPSA) is 119 Å². The number of carbonyl (C=O) groups is 1. The number of hydrogen-bond acceptors (Lipinski definition) is 5. The number of rotatable bonds is 7. The summed E-state index contributed by atoms with van der Waals surface area (Å²) in [5.74, 6) is 0.834. The van der Waals surface area contributed by atoms with Crippen LogP contribution in [-0.2, 0) is 0 Å². The zero-order valence-corrected chi connectivity index (χ0v) is 15.8. The maximum atomic E-state index is 12.1. The van der Waals surface area contributed by atoms with E-state index in [9.17, 15) is 14.7 Å². The molecule has 1 aromatic heterocycles. The zero-order chi connectivity index (χ0) is 20.2. The molecular formula is C21H23N5O3. The van der Waals surface area contributed by atoms with E-state index in [0.29, 0.717) is 22.5 Å². The van der Waals surface area contributed by atoms with Gasteiger partial charge in [-0.15, -0.1) is 0 Å². The smallest absolute Gasteiger partial charge is 0.315 e. The molecule has 0 bridgehead atoms. The number of hydrogen-bond donors (Lipinski definition) is 5. The maximum Gasteiger partial charge on any atom is 0.315 e. The number of amides is 2. The van der Waals surface area contributed by atoms with Gasteiger partial charge in [-0.1, -0.05) is 48.5 Å². The van der Waals surface area contributed by atoms with Crippen LogP contribution in [0.2, 0.25) is 0 Å². The summed E-state index contributed by atoms with van der Waals surface area (Å²) in [5.41, 5.74) is 0.960. The van der Waals surface area contributed by atoms with Crippen LogP contribution >= 0.6 is 0 Å². The second-order valence-electron chi connectivity index (χ2n) is 7.20. The van der Waals surface area contributed by atoms with Crippen molar-refractivity contribution in [3.8, 4) is 0 Å². The average molecular weight is 393 g/mol. The molecule has 1 saturated carbocycles. The van der Waals surface area contributed by atoms with E-state index < -0.39 is 6.10 Å². The number of benzene rings is 2. The van der Waals surface area contributed by atoms with Crippen LogP contribution in [0.4, 0.5) is 10.6 Å².